The number of hydrogen-bond donors (Lipinski definition) is 1. The Kier molecular flexibility index (Phi) is 4.75. The molecule has 6 nitrogen and oxygen atoms in total. The van der Waals surface area contributed by atoms with E-state index in [9.17, 15) is 10.1 Å². The Morgan fingerprint density at radius 1 is 1.26 bits per heavy atom. The molecule has 4 rings (SSSR count). The van der Waals surface area contributed by atoms with Crippen molar-refractivity contribution < 1.29 is 9.53 Å². The number of benzene rings is 2. The Morgan fingerprint density at radius 2 is 2.07 bits per heavy atom. The van der Waals surface area contributed by atoms with E-state index in [0.717, 1.165) is 17.8 Å². The van der Waals surface area contributed by atoms with Crippen LogP contribution in [0.3, 0.4) is 0 Å². The standard InChI is InChI=1S/C19H13ClN4O2S/c20-15-5-2-6-16(14(15)10-21)26-13-4-1-3-12(9-13)17(25)22-19-24-23-18(27-19)11-7-8-11/h1-6,9,11H,7-8H2,(H,22,24,25). The van der Waals surface area contributed by atoms with E-state index in [1.54, 1.807) is 42.5 Å². The molecule has 1 aliphatic carbocycles. The van der Waals surface area contributed by atoms with Crippen LogP contribution in [0.1, 0.15) is 39.7 Å². The quantitative estimate of drug-likeness (QED) is 0.656. The van der Waals surface area contributed by atoms with Crippen molar-refractivity contribution in [2.24, 2.45) is 0 Å². The van der Waals surface area contributed by atoms with E-state index < -0.39 is 0 Å². The Labute approximate surface area is 164 Å². The molecule has 0 saturated heterocycles. The third kappa shape index (κ3) is 3.92. The lowest BCUT2D eigenvalue weighted by atomic mass is 10.2. The first-order valence-electron chi connectivity index (χ1n) is 8.25. The smallest absolute Gasteiger partial charge is 0.257 e. The number of rotatable bonds is 5. The third-order valence-electron chi connectivity index (χ3n) is 4.00. The number of nitriles is 1. The molecule has 1 N–H and O–H groups in total. The maximum atomic E-state index is 12.5. The van der Waals surface area contributed by atoms with Crippen molar-refractivity contribution in [3.8, 4) is 17.6 Å². The first-order chi connectivity index (χ1) is 13.1. The Balaban J connectivity index is 1.51. The Morgan fingerprint density at radius 3 is 2.85 bits per heavy atom. The normalized spacial score (nSPS) is 13.0. The number of carbonyl (C=O) groups excluding carboxylic acids is 1. The molecule has 1 amide bonds. The molecule has 3 aromatic rings. The average Bonchev–Trinajstić information content (AvgIpc) is 3.42. The molecular formula is C19H13ClN4O2S. The molecule has 0 atom stereocenters. The average molecular weight is 397 g/mol. The van der Waals surface area contributed by atoms with Crippen LogP contribution in [0.15, 0.2) is 42.5 Å². The van der Waals surface area contributed by atoms with Crippen molar-refractivity contribution >= 4 is 34.0 Å². The molecule has 134 valence electrons. The van der Waals surface area contributed by atoms with Gasteiger partial charge in [-0.05, 0) is 43.2 Å². The van der Waals surface area contributed by atoms with Gasteiger partial charge in [0.2, 0.25) is 5.13 Å². The topological polar surface area (TPSA) is 87.9 Å². The van der Waals surface area contributed by atoms with Crippen LogP contribution in [-0.4, -0.2) is 16.1 Å². The van der Waals surface area contributed by atoms with Crippen molar-refractivity contribution in [2.75, 3.05) is 5.32 Å². The second-order valence-corrected chi connectivity index (χ2v) is 7.44. The molecule has 0 aliphatic heterocycles. The monoisotopic (exact) mass is 396 g/mol. The second-order valence-electron chi connectivity index (χ2n) is 6.03. The molecule has 8 heteroatoms. The summed E-state index contributed by atoms with van der Waals surface area (Å²) < 4.78 is 5.75. The number of anilines is 1. The molecule has 2 aromatic carbocycles. The van der Waals surface area contributed by atoms with Crippen molar-refractivity contribution in [3.63, 3.8) is 0 Å². The summed E-state index contributed by atoms with van der Waals surface area (Å²) in [6.07, 6.45) is 2.27. The minimum Gasteiger partial charge on any atom is -0.456 e. The first kappa shape index (κ1) is 17.5. The van der Waals surface area contributed by atoms with Gasteiger partial charge in [0.1, 0.15) is 28.1 Å². The molecule has 27 heavy (non-hydrogen) atoms. The molecule has 1 fully saturated rings. The van der Waals surface area contributed by atoms with Gasteiger partial charge in [0.05, 0.1) is 5.02 Å². The summed E-state index contributed by atoms with van der Waals surface area (Å²) in [4.78, 5) is 12.5. The highest BCUT2D eigenvalue weighted by molar-refractivity contribution is 7.15. The molecule has 1 aromatic heterocycles. The zero-order valence-electron chi connectivity index (χ0n) is 14.0. The number of halogens is 1. The molecule has 0 spiro atoms. The van der Waals surface area contributed by atoms with Gasteiger partial charge >= 0.3 is 0 Å². The van der Waals surface area contributed by atoms with E-state index in [1.165, 1.54) is 11.3 Å². The number of nitrogens with zero attached hydrogens (tertiary/aromatic N) is 3. The van der Waals surface area contributed by atoms with E-state index in [4.69, 9.17) is 16.3 Å². The highest BCUT2D eigenvalue weighted by atomic mass is 35.5. The highest BCUT2D eigenvalue weighted by Crippen LogP contribution is 2.42. The van der Waals surface area contributed by atoms with Gasteiger partial charge in [-0.2, -0.15) is 5.26 Å². The lowest BCUT2D eigenvalue weighted by Crippen LogP contribution is -2.11. The van der Waals surface area contributed by atoms with Gasteiger partial charge in [0.25, 0.3) is 5.91 Å². The van der Waals surface area contributed by atoms with Crippen LogP contribution in [-0.2, 0) is 0 Å². The molecule has 1 heterocycles. The van der Waals surface area contributed by atoms with Crippen LogP contribution in [0, 0.1) is 11.3 Å². The van der Waals surface area contributed by atoms with E-state index >= 15 is 0 Å². The van der Waals surface area contributed by atoms with Crippen LogP contribution < -0.4 is 10.1 Å². The summed E-state index contributed by atoms with van der Waals surface area (Å²) in [5, 5.41) is 21.9. The van der Waals surface area contributed by atoms with E-state index in [0.29, 0.717) is 33.1 Å². The van der Waals surface area contributed by atoms with E-state index in [2.05, 4.69) is 15.5 Å². The lowest BCUT2D eigenvalue weighted by molar-refractivity contribution is 0.102. The molecule has 1 aliphatic rings. The van der Waals surface area contributed by atoms with Crippen molar-refractivity contribution in [2.45, 2.75) is 18.8 Å². The number of aromatic nitrogens is 2. The molecular weight excluding hydrogens is 384 g/mol. The predicted octanol–water partition coefficient (Wildman–Crippen LogP) is 4.99. The lowest BCUT2D eigenvalue weighted by Gasteiger charge is -2.09. The highest BCUT2D eigenvalue weighted by Gasteiger charge is 2.27. The summed E-state index contributed by atoms with van der Waals surface area (Å²) >= 11 is 7.42. The van der Waals surface area contributed by atoms with Gasteiger partial charge < -0.3 is 4.74 Å². The van der Waals surface area contributed by atoms with E-state index in [1.807, 2.05) is 6.07 Å². The van der Waals surface area contributed by atoms with Crippen LogP contribution >= 0.6 is 22.9 Å². The maximum Gasteiger partial charge on any atom is 0.257 e. The SMILES string of the molecule is N#Cc1c(Cl)cccc1Oc1cccc(C(=O)Nc2nnc(C3CC3)s2)c1. The predicted molar refractivity (Wildman–Crippen MR) is 103 cm³/mol. The fourth-order valence-corrected chi connectivity index (χ4v) is 3.59. The fraction of sp³-hybridized carbons (Fsp3) is 0.158. The Hall–Kier alpha value is -2.95. The van der Waals surface area contributed by atoms with Gasteiger partial charge in [0.15, 0.2) is 0 Å². The van der Waals surface area contributed by atoms with Crippen LogP contribution in [0.4, 0.5) is 5.13 Å². The van der Waals surface area contributed by atoms with Gasteiger partial charge in [-0.3, -0.25) is 10.1 Å². The van der Waals surface area contributed by atoms with Crippen LogP contribution in [0.5, 0.6) is 11.5 Å². The van der Waals surface area contributed by atoms with E-state index in [-0.39, 0.29) is 11.5 Å². The second kappa shape index (κ2) is 7.35. The van der Waals surface area contributed by atoms with Crippen LogP contribution in [0.25, 0.3) is 0 Å². The van der Waals surface area contributed by atoms with Crippen LogP contribution in [0.2, 0.25) is 5.02 Å². The zero-order chi connectivity index (χ0) is 18.8. The van der Waals surface area contributed by atoms with Gasteiger partial charge in [-0.1, -0.05) is 35.1 Å². The largest absolute Gasteiger partial charge is 0.456 e. The Bertz CT molecular complexity index is 1060. The number of hydrogen-bond acceptors (Lipinski definition) is 6. The minimum absolute atomic E-state index is 0.246. The zero-order valence-corrected chi connectivity index (χ0v) is 15.5. The number of amides is 1. The first-order valence-corrected chi connectivity index (χ1v) is 9.45. The molecule has 0 unspecified atom stereocenters. The van der Waals surface area contributed by atoms with Crippen molar-refractivity contribution in [1.82, 2.24) is 10.2 Å². The third-order valence-corrected chi connectivity index (χ3v) is 5.32. The van der Waals surface area contributed by atoms with Gasteiger partial charge in [-0.15, -0.1) is 10.2 Å². The molecule has 0 bridgehead atoms. The summed E-state index contributed by atoms with van der Waals surface area (Å²) in [7, 11) is 0. The molecule has 0 radical (unpaired) electrons. The summed E-state index contributed by atoms with van der Waals surface area (Å²) in [6.45, 7) is 0. The summed E-state index contributed by atoms with van der Waals surface area (Å²) in [5.41, 5.74) is 0.659. The van der Waals surface area contributed by atoms with Crippen molar-refractivity contribution in [3.05, 3.63) is 63.6 Å². The number of ether oxygens (including phenoxy) is 1. The van der Waals surface area contributed by atoms with Crippen molar-refractivity contribution in [1.29, 1.82) is 5.26 Å². The number of nitrogens with one attached hydrogen (secondary N) is 1. The number of carbonyl (C=O) groups is 1. The maximum absolute atomic E-state index is 12.5. The van der Waals surface area contributed by atoms with Gasteiger partial charge in [-0.25, -0.2) is 0 Å². The summed E-state index contributed by atoms with van der Waals surface area (Å²) in [6, 6.07) is 13.7. The molecule has 1 saturated carbocycles. The van der Waals surface area contributed by atoms with Gasteiger partial charge in [0, 0.05) is 11.5 Å². The fourth-order valence-electron chi connectivity index (χ4n) is 2.48. The minimum atomic E-state index is -0.300. The summed E-state index contributed by atoms with van der Waals surface area (Å²) in [5.74, 6) is 0.959.